The van der Waals surface area contributed by atoms with Gasteiger partial charge >= 0.3 is 5.97 Å². The number of hydrogen-bond acceptors (Lipinski definition) is 6. The summed E-state index contributed by atoms with van der Waals surface area (Å²) in [7, 11) is 0. The van der Waals surface area contributed by atoms with Crippen LogP contribution in [0.4, 0.5) is 5.69 Å². The maximum atomic E-state index is 13.0. The van der Waals surface area contributed by atoms with Gasteiger partial charge in [-0.2, -0.15) is 11.8 Å². The second kappa shape index (κ2) is 12.2. The first-order chi connectivity index (χ1) is 16.4. The molecule has 1 aliphatic rings. The molecule has 2 aromatic carbocycles. The van der Waals surface area contributed by atoms with E-state index in [2.05, 4.69) is 21.3 Å². The topological polar surface area (TPSA) is 137 Å². The summed E-state index contributed by atoms with van der Waals surface area (Å²) in [6.45, 7) is 0.0174. The van der Waals surface area contributed by atoms with Crippen molar-refractivity contribution in [1.82, 2.24) is 16.0 Å². The van der Waals surface area contributed by atoms with E-state index in [1.165, 1.54) is 11.8 Å². The molecule has 0 unspecified atom stereocenters. The highest BCUT2D eigenvalue weighted by molar-refractivity contribution is 7.98. The Bertz CT molecular complexity index is 1050. The van der Waals surface area contributed by atoms with E-state index in [0.717, 1.165) is 5.56 Å². The van der Waals surface area contributed by atoms with Gasteiger partial charge in [0.15, 0.2) is 0 Å². The minimum Gasteiger partial charge on any atom is -0.480 e. The van der Waals surface area contributed by atoms with Crippen LogP contribution < -0.4 is 21.3 Å². The number of thioether (sulfide) groups is 1. The van der Waals surface area contributed by atoms with Crippen LogP contribution in [0.2, 0.25) is 0 Å². The monoisotopic (exact) mass is 484 g/mol. The van der Waals surface area contributed by atoms with E-state index in [1.807, 2.05) is 36.6 Å². The molecule has 0 aliphatic carbocycles. The predicted octanol–water partition coefficient (Wildman–Crippen LogP) is 2.05. The lowest BCUT2D eigenvalue weighted by Gasteiger charge is -2.17. The van der Waals surface area contributed by atoms with E-state index in [0.29, 0.717) is 41.8 Å². The van der Waals surface area contributed by atoms with Crippen LogP contribution in [0.5, 0.6) is 0 Å². The number of benzene rings is 2. The van der Waals surface area contributed by atoms with Crippen molar-refractivity contribution in [1.29, 1.82) is 0 Å². The lowest BCUT2D eigenvalue weighted by molar-refractivity contribution is -0.139. The highest BCUT2D eigenvalue weighted by Gasteiger charge is 2.23. The number of anilines is 1. The first-order valence-corrected chi connectivity index (χ1v) is 12.3. The Morgan fingerprint density at radius 3 is 2.59 bits per heavy atom. The molecule has 0 radical (unpaired) electrons. The molecule has 10 heteroatoms. The molecule has 9 nitrogen and oxygen atoms in total. The van der Waals surface area contributed by atoms with Crippen LogP contribution in [-0.2, 0) is 14.4 Å². The van der Waals surface area contributed by atoms with Crippen LogP contribution in [0.15, 0.2) is 48.5 Å². The smallest absolute Gasteiger partial charge is 0.326 e. The fraction of sp³-hybridized carbons (Fsp3) is 0.333. The number of carbonyl (C=O) groups is 4. The van der Waals surface area contributed by atoms with Crippen LogP contribution in [0, 0.1) is 0 Å². The average molecular weight is 485 g/mol. The van der Waals surface area contributed by atoms with Crippen molar-refractivity contribution in [3.63, 3.8) is 0 Å². The molecule has 0 spiro atoms. The number of hydrogen-bond donors (Lipinski definition) is 5. The second-order valence-corrected chi connectivity index (χ2v) is 8.85. The molecule has 0 aromatic heterocycles. The lowest BCUT2D eigenvalue weighted by Crippen LogP contribution is -2.42. The molecule has 1 aliphatic heterocycles. The summed E-state index contributed by atoms with van der Waals surface area (Å²) >= 11 is 1.51. The molecule has 3 rings (SSSR count). The standard InChI is InChI=1S/C24H28N4O5S/c1-34-12-11-19(24(32)33)27-23(31)17-8-7-16(13-18(17)15-5-3-2-4-6-15)26-22(30)14-25-20-9-10-21(29)28-20/h2-8,13,19-20,25H,9-12,14H2,1H3,(H,26,30)(H,27,31)(H,28,29)(H,32,33)/t19-,20-/m0/s1. The Labute approximate surface area is 202 Å². The van der Waals surface area contributed by atoms with E-state index in [4.69, 9.17) is 0 Å². The summed E-state index contributed by atoms with van der Waals surface area (Å²) in [4.78, 5) is 48.3. The Morgan fingerprint density at radius 2 is 1.94 bits per heavy atom. The SMILES string of the molecule is CSCC[C@H](NC(=O)c1ccc(NC(=O)CN[C@@H]2CCC(=O)N2)cc1-c1ccccc1)C(=O)O. The van der Waals surface area contributed by atoms with Crippen LogP contribution >= 0.6 is 11.8 Å². The van der Waals surface area contributed by atoms with Crippen molar-refractivity contribution in [2.45, 2.75) is 31.5 Å². The number of carboxylic acid groups (broad SMARTS) is 1. The second-order valence-electron chi connectivity index (χ2n) is 7.86. The van der Waals surface area contributed by atoms with E-state index >= 15 is 0 Å². The van der Waals surface area contributed by atoms with Crippen molar-refractivity contribution in [2.24, 2.45) is 0 Å². The van der Waals surface area contributed by atoms with Gasteiger partial charge in [0.05, 0.1) is 12.7 Å². The quantitative estimate of drug-likeness (QED) is 0.329. The van der Waals surface area contributed by atoms with Crippen molar-refractivity contribution < 1.29 is 24.3 Å². The Hall–Kier alpha value is -3.37. The van der Waals surface area contributed by atoms with Gasteiger partial charge in [0.2, 0.25) is 11.8 Å². The normalized spacial score (nSPS) is 15.9. The Kier molecular flexibility index (Phi) is 9.06. The van der Waals surface area contributed by atoms with Gasteiger partial charge in [-0.3, -0.25) is 19.7 Å². The third-order valence-corrected chi connectivity index (χ3v) is 6.00. The molecule has 3 amide bonds. The summed E-state index contributed by atoms with van der Waals surface area (Å²) in [5.41, 5.74) is 2.13. The molecule has 34 heavy (non-hydrogen) atoms. The minimum atomic E-state index is -1.08. The first-order valence-electron chi connectivity index (χ1n) is 10.9. The van der Waals surface area contributed by atoms with E-state index in [9.17, 15) is 24.3 Å². The maximum absolute atomic E-state index is 13.0. The van der Waals surface area contributed by atoms with Gasteiger partial charge in [0, 0.05) is 17.7 Å². The van der Waals surface area contributed by atoms with Gasteiger partial charge in [-0.05, 0) is 54.2 Å². The fourth-order valence-electron chi connectivity index (χ4n) is 3.59. The van der Waals surface area contributed by atoms with Gasteiger partial charge in [-0.25, -0.2) is 4.79 Å². The van der Waals surface area contributed by atoms with Gasteiger partial charge in [0.1, 0.15) is 6.04 Å². The number of rotatable bonds is 11. The molecule has 0 bridgehead atoms. The Morgan fingerprint density at radius 1 is 1.18 bits per heavy atom. The predicted molar refractivity (Wildman–Crippen MR) is 132 cm³/mol. The van der Waals surface area contributed by atoms with Crippen molar-refractivity contribution in [2.75, 3.05) is 23.9 Å². The van der Waals surface area contributed by atoms with Crippen LogP contribution in [-0.4, -0.2) is 59.6 Å². The van der Waals surface area contributed by atoms with Crippen molar-refractivity contribution in [3.8, 4) is 11.1 Å². The van der Waals surface area contributed by atoms with E-state index in [1.54, 1.807) is 18.2 Å². The minimum absolute atomic E-state index is 0.0174. The molecule has 1 heterocycles. The van der Waals surface area contributed by atoms with Gasteiger partial charge in [-0.15, -0.1) is 0 Å². The highest BCUT2D eigenvalue weighted by Crippen LogP contribution is 2.27. The number of amides is 3. The van der Waals surface area contributed by atoms with Gasteiger partial charge in [-0.1, -0.05) is 30.3 Å². The molecular weight excluding hydrogens is 456 g/mol. The summed E-state index contributed by atoms with van der Waals surface area (Å²) in [5.74, 6) is -1.31. The van der Waals surface area contributed by atoms with Crippen LogP contribution in [0.3, 0.4) is 0 Å². The van der Waals surface area contributed by atoms with E-state index < -0.39 is 17.9 Å². The number of aliphatic carboxylic acids is 1. The van der Waals surface area contributed by atoms with Crippen LogP contribution in [0.1, 0.15) is 29.6 Å². The van der Waals surface area contributed by atoms with E-state index in [-0.39, 0.29) is 24.5 Å². The largest absolute Gasteiger partial charge is 0.480 e. The molecule has 0 saturated carbocycles. The van der Waals surface area contributed by atoms with Gasteiger partial charge in [0.25, 0.3) is 5.91 Å². The lowest BCUT2D eigenvalue weighted by atomic mass is 9.98. The zero-order chi connectivity index (χ0) is 24.5. The van der Waals surface area contributed by atoms with Crippen molar-refractivity contribution >= 4 is 41.1 Å². The molecule has 2 aromatic rings. The summed E-state index contributed by atoms with van der Waals surface area (Å²) in [5, 5.41) is 20.6. The average Bonchev–Trinajstić information content (AvgIpc) is 3.25. The summed E-state index contributed by atoms with van der Waals surface area (Å²) in [6.07, 6.45) is 3.02. The molecular formula is C24H28N4O5S. The molecule has 1 saturated heterocycles. The number of nitrogens with one attached hydrogen (secondary N) is 4. The Balaban J connectivity index is 1.76. The van der Waals surface area contributed by atoms with Crippen molar-refractivity contribution in [3.05, 3.63) is 54.1 Å². The zero-order valence-electron chi connectivity index (χ0n) is 18.8. The summed E-state index contributed by atoms with van der Waals surface area (Å²) in [6, 6.07) is 13.1. The zero-order valence-corrected chi connectivity index (χ0v) is 19.6. The molecule has 180 valence electrons. The highest BCUT2D eigenvalue weighted by atomic mass is 32.2. The third kappa shape index (κ3) is 7.06. The number of carbonyl (C=O) groups excluding carboxylic acids is 3. The molecule has 1 fully saturated rings. The van der Waals surface area contributed by atoms with Gasteiger partial charge < -0.3 is 21.1 Å². The molecule has 2 atom stereocenters. The third-order valence-electron chi connectivity index (χ3n) is 5.35. The van der Waals surface area contributed by atoms with Crippen LogP contribution in [0.25, 0.3) is 11.1 Å². The summed E-state index contributed by atoms with van der Waals surface area (Å²) < 4.78 is 0. The fourth-order valence-corrected chi connectivity index (χ4v) is 4.07. The first kappa shape index (κ1) is 25.3. The maximum Gasteiger partial charge on any atom is 0.326 e. The molecule has 5 N–H and O–H groups in total. The number of carboxylic acids is 1.